The first-order chi connectivity index (χ1) is 5.59. The maximum Gasteiger partial charge on any atom is 0.387 e. The first-order valence-electron chi connectivity index (χ1n) is 3.30. The van der Waals surface area contributed by atoms with Crippen LogP contribution in [0.1, 0.15) is 5.56 Å². The molecule has 0 aliphatic heterocycles. The van der Waals surface area contributed by atoms with Gasteiger partial charge in [0.25, 0.3) is 0 Å². The van der Waals surface area contributed by atoms with Gasteiger partial charge in [0.2, 0.25) is 0 Å². The third-order valence-electron chi connectivity index (χ3n) is 1.35. The zero-order valence-electron chi connectivity index (χ0n) is 6.35. The van der Waals surface area contributed by atoms with Crippen LogP contribution in [0.15, 0.2) is 18.2 Å². The molecule has 0 saturated carbocycles. The molecule has 1 aromatic rings. The van der Waals surface area contributed by atoms with Crippen LogP contribution in [0, 0.1) is 12.7 Å². The normalized spacial score (nSPS) is 10.4. The van der Waals surface area contributed by atoms with Crippen LogP contribution in [0.4, 0.5) is 13.2 Å². The van der Waals surface area contributed by atoms with Gasteiger partial charge in [-0.3, -0.25) is 0 Å². The maximum atomic E-state index is 12.6. The van der Waals surface area contributed by atoms with Crippen LogP contribution in [0.5, 0.6) is 5.75 Å². The van der Waals surface area contributed by atoms with Crippen LogP contribution in [0.3, 0.4) is 0 Å². The second kappa shape index (κ2) is 3.47. The number of ether oxygens (including phenoxy) is 1. The third-order valence-corrected chi connectivity index (χ3v) is 1.35. The van der Waals surface area contributed by atoms with E-state index in [9.17, 15) is 13.2 Å². The minimum Gasteiger partial charge on any atom is -0.435 e. The smallest absolute Gasteiger partial charge is 0.387 e. The Labute approximate surface area is 67.8 Å². The van der Waals surface area contributed by atoms with Crippen molar-refractivity contribution in [3.63, 3.8) is 0 Å². The van der Waals surface area contributed by atoms with Crippen LogP contribution in [0.2, 0.25) is 0 Å². The Morgan fingerprint density at radius 1 is 1.33 bits per heavy atom. The molecule has 1 rings (SSSR count). The molecule has 0 heterocycles. The molecular weight excluding hydrogens is 169 g/mol. The van der Waals surface area contributed by atoms with Gasteiger partial charge in [-0.25, -0.2) is 4.39 Å². The fourth-order valence-electron chi connectivity index (χ4n) is 0.793. The molecule has 12 heavy (non-hydrogen) atoms. The van der Waals surface area contributed by atoms with Crippen LogP contribution in [-0.4, -0.2) is 6.61 Å². The summed E-state index contributed by atoms with van der Waals surface area (Å²) in [5.74, 6) is -0.458. The molecule has 1 aromatic carbocycles. The van der Waals surface area contributed by atoms with E-state index in [0.29, 0.717) is 0 Å². The molecule has 0 saturated heterocycles. The fourth-order valence-corrected chi connectivity index (χ4v) is 0.793. The summed E-state index contributed by atoms with van der Waals surface area (Å²) in [6, 6.07) is 3.48. The highest BCUT2D eigenvalue weighted by atomic mass is 19.3. The molecule has 0 aliphatic carbocycles. The summed E-state index contributed by atoms with van der Waals surface area (Å²) in [6.45, 7) is -1.39. The Kier molecular flexibility index (Phi) is 2.58. The topological polar surface area (TPSA) is 9.23 Å². The van der Waals surface area contributed by atoms with Crippen LogP contribution >= 0.6 is 0 Å². The number of alkyl halides is 2. The van der Waals surface area contributed by atoms with E-state index in [-0.39, 0.29) is 11.3 Å². The van der Waals surface area contributed by atoms with Crippen molar-refractivity contribution >= 4 is 0 Å². The zero-order chi connectivity index (χ0) is 9.14. The van der Waals surface area contributed by atoms with Crippen molar-refractivity contribution in [2.45, 2.75) is 13.5 Å². The van der Waals surface area contributed by atoms with Crippen molar-refractivity contribution in [1.82, 2.24) is 0 Å². The van der Waals surface area contributed by atoms with Gasteiger partial charge >= 0.3 is 6.61 Å². The van der Waals surface area contributed by atoms with Crippen molar-refractivity contribution in [3.05, 3.63) is 29.6 Å². The molecule has 0 bridgehead atoms. The van der Waals surface area contributed by atoms with Crippen LogP contribution in [-0.2, 0) is 0 Å². The lowest BCUT2D eigenvalue weighted by Gasteiger charge is -2.04. The molecule has 0 radical (unpaired) electrons. The Morgan fingerprint density at radius 3 is 2.50 bits per heavy atom. The molecule has 0 fully saturated rings. The predicted octanol–water partition coefficient (Wildman–Crippen LogP) is 2.74. The van der Waals surface area contributed by atoms with Crippen molar-refractivity contribution in [2.75, 3.05) is 0 Å². The Morgan fingerprint density at radius 2 is 2.00 bits per heavy atom. The van der Waals surface area contributed by atoms with E-state index >= 15 is 0 Å². The SMILES string of the molecule is Cc1cc(OC(F)F)ccc1F. The first kappa shape index (κ1) is 8.90. The van der Waals surface area contributed by atoms with E-state index in [1.54, 1.807) is 0 Å². The van der Waals surface area contributed by atoms with Crippen LogP contribution < -0.4 is 4.74 Å². The van der Waals surface area contributed by atoms with Gasteiger partial charge in [0.05, 0.1) is 0 Å². The first-order valence-corrected chi connectivity index (χ1v) is 3.30. The van der Waals surface area contributed by atoms with E-state index in [4.69, 9.17) is 0 Å². The standard InChI is InChI=1S/C8H7F3O/c1-5-4-6(12-8(10)11)2-3-7(5)9/h2-4,8H,1H3. The average Bonchev–Trinajstić information content (AvgIpc) is 1.96. The molecule has 0 unspecified atom stereocenters. The maximum absolute atomic E-state index is 12.6. The molecule has 4 heteroatoms. The molecule has 0 aromatic heterocycles. The quantitative estimate of drug-likeness (QED) is 0.673. The zero-order valence-corrected chi connectivity index (χ0v) is 6.35. The minimum absolute atomic E-state index is 0.0242. The Hall–Kier alpha value is -1.19. The summed E-state index contributed by atoms with van der Waals surface area (Å²) in [6.07, 6.45) is 0. The average molecular weight is 176 g/mol. The molecule has 66 valence electrons. The van der Waals surface area contributed by atoms with Crippen molar-refractivity contribution in [3.8, 4) is 5.75 Å². The van der Waals surface area contributed by atoms with Gasteiger partial charge in [0, 0.05) is 0 Å². The summed E-state index contributed by atoms with van der Waals surface area (Å²) in [4.78, 5) is 0. The van der Waals surface area contributed by atoms with E-state index in [1.165, 1.54) is 13.0 Å². The number of rotatable bonds is 2. The summed E-state index contributed by atoms with van der Waals surface area (Å²) >= 11 is 0. The van der Waals surface area contributed by atoms with Crippen LogP contribution in [0.25, 0.3) is 0 Å². The van der Waals surface area contributed by atoms with Gasteiger partial charge in [0.1, 0.15) is 11.6 Å². The Balaban J connectivity index is 2.82. The van der Waals surface area contributed by atoms with Crippen molar-refractivity contribution in [2.24, 2.45) is 0 Å². The fraction of sp³-hybridized carbons (Fsp3) is 0.250. The lowest BCUT2D eigenvalue weighted by atomic mass is 10.2. The van der Waals surface area contributed by atoms with Crippen molar-refractivity contribution in [1.29, 1.82) is 0 Å². The van der Waals surface area contributed by atoms with Gasteiger partial charge in [-0.1, -0.05) is 0 Å². The van der Waals surface area contributed by atoms with Crippen molar-refractivity contribution < 1.29 is 17.9 Å². The van der Waals surface area contributed by atoms with E-state index in [1.807, 2.05) is 0 Å². The predicted molar refractivity (Wildman–Crippen MR) is 37.8 cm³/mol. The monoisotopic (exact) mass is 176 g/mol. The van der Waals surface area contributed by atoms with Gasteiger partial charge in [-0.15, -0.1) is 0 Å². The minimum atomic E-state index is -2.87. The van der Waals surface area contributed by atoms with Gasteiger partial charge in [-0.05, 0) is 30.7 Å². The molecule has 1 nitrogen and oxygen atoms in total. The highest BCUT2D eigenvalue weighted by Crippen LogP contribution is 2.17. The van der Waals surface area contributed by atoms with E-state index < -0.39 is 12.4 Å². The summed E-state index contributed by atoms with van der Waals surface area (Å²) in [5, 5.41) is 0. The second-order valence-corrected chi connectivity index (χ2v) is 2.29. The summed E-state index contributed by atoms with van der Waals surface area (Å²) in [5.41, 5.74) is 0.285. The van der Waals surface area contributed by atoms with Gasteiger partial charge < -0.3 is 4.74 Å². The summed E-state index contributed by atoms with van der Waals surface area (Å²) in [7, 11) is 0. The number of hydrogen-bond donors (Lipinski definition) is 0. The lowest BCUT2D eigenvalue weighted by Crippen LogP contribution is -2.02. The highest BCUT2D eigenvalue weighted by molar-refractivity contribution is 5.28. The highest BCUT2D eigenvalue weighted by Gasteiger charge is 2.05. The van der Waals surface area contributed by atoms with Gasteiger partial charge in [-0.2, -0.15) is 8.78 Å². The number of benzene rings is 1. The molecular formula is C8H7F3O. The molecule has 0 atom stereocenters. The van der Waals surface area contributed by atoms with Gasteiger partial charge in [0.15, 0.2) is 0 Å². The number of hydrogen-bond acceptors (Lipinski definition) is 1. The summed E-state index contributed by atoms with van der Waals surface area (Å²) < 4.78 is 39.9. The number of halogens is 3. The van der Waals surface area contributed by atoms with E-state index in [2.05, 4.69) is 4.74 Å². The number of aryl methyl sites for hydroxylation is 1. The lowest BCUT2D eigenvalue weighted by molar-refractivity contribution is -0.0499. The molecule has 0 aliphatic rings. The molecule has 0 spiro atoms. The Bertz CT molecular complexity index is 273. The molecule has 0 N–H and O–H groups in total. The second-order valence-electron chi connectivity index (χ2n) is 2.29. The molecule has 0 amide bonds. The van der Waals surface area contributed by atoms with E-state index in [0.717, 1.165) is 12.1 Å². The third kappa shape index (κ3) is 2.15. The largest absolute Gasteiger partial charge is 0.435 e.